The Morgan fingerprint density at radius 1 is 1.29 bits per heavy atom. The number of para-hydroxylation sites is 1. The fourth-order valence-corrected chi connectivity index (χ4v) is 1.88. The van der Waals surface area contributed by atoms with Gasteiger partial charge in [-0.2, -0.15) is 13.2 Å². The van der Waals surface area contributed by atoms with Crippen LogP contribution >= 0.6 is 11.6 Å². The van der Waals surface area contributed by atoms with Crippen molar-refractivity contribution >= 4 is 22.5 Å². The van der Waals surface area contributed by atoms with Crippen LogP contribution in [0.1, 0.15) is 11.3 Å². The quantitative estimate of drug-likeness (QED) is 0.773. The summed E-state index contributed by atoms with van der Waals surface area (Å²) in [7, 11) is 0. The molecule has 0 spiro atoms. The van der Waals surface area contributed by atoms with E-state index < -0.39 is 17.3 Å². The summed E-state index contributed by atoms with van der Waals surface area (Å²) in [6, 6.07) is 4.38. The molecule has 1 aromatic heterocycles. The second kappa shape index (κ2) is 3.77. The van der Waals surface area contributed by atoms with E-state index in [2.05, 4.69) is 4.98 Å². The molecule has 90 valence electrons. The highest BCUT2D eigenvalue weighted by Gasteiger charge is 2.35. The van der Waals surface area contributed by atoms with Crippen LogP contribution in [0.4, 0.5) is 13.2 Å². The molecule has 1 heterocycles. The van der Waals surface area contributed by atoms with E-state index in [1.807, 2.05) is 0 Å². The zero-order chi connectivity index (χ0) is 12.8. The number of hydrogen-bond acceptors (Lipinski definition) is 1. The lowest BCUT2D eigenvalue weighted by Gasteiger charge is -2.11. The van der Waals surface area contributed by atoms with Gasteiger partial charge in [0, 0.05) is 10.9 Å². The zero-order valence-corrected chi connectivity index (χ0v) is 9.41. The second-order valence-electron chi connectivity index (χ2n) is 3.61. The number of benzene rings is 1. The van der Waals surface area contributed by atoms with Crippen molar-refractivity contribution in [2.75, 3.05) is 0 Å². The third kappa shape index (κ3) is 1.91. The van der Waals surface area contributed by atoms with Crippen molar-refractivity contribution in [1.82, 2.24) is 4.98 Å². The fourth-order valence-electron chi connectivity index (χ4n) is 1.66. The molecule has 0 saturated heterocycles. The lowest BCUT2D eigenvalue weighted by Crippen LogP contribution is -2.18. The standard InChI is InChI=1S/C11H7ClF3NO/c1-5-9(17)6-3-2-4-7(12)8(6)16-10(5)11(13,14)15/h2-4H,1H3,(H,16,17). The largest absolute Gasteiger partial charge is 0.431 e. The normalized spacial score (nSPS) is 12.1. The topological polar surface area (TPSA) is 32.9 Å². The molecule has 1 N–H and O–H groups in total. The summed E-state index contributed by atoms with van der Waals surface area (Å²) < 4.78 is 38.0. The monoisotopic (exact) mass is 261 g/mol. The Morgan fingerprint density at radius 3 is 2.53 bits per heavy atom. The summed E-state index contributed by atoms with van der Waals surface area (Å²) in [5, 5.41) is 0.244. The average Bonchev–Trinajstić information content (AvgIpc) is 2.22. The number of alkyl halides is 3. The van der Waals surface area contributed by atoms with Crippen molar-refractivity contribution in [3.05, 3.63) is 44.7 Å². The molecule has 2 rings (SSSR count). The Morgan fingerprint density at radius 2 is 1.94 bits per heavy atom. The van der Waals surface area contributed by atoms with Crippen molar-refractivity contribution < 1.29 is 13.2 Å². The van der Waals surface area contributed by atoms with E-state index in [0.29, 0.717) is 0 Å². The molecule has 0 fully saturated rings. The molecular formula is C11H7ClF3NO. The molecule has 0 bridgehead atoms. The van der Waals surface area contributed by atoms with Crippen molar-refractivity contribution in [1.29, 1.82) is 0 Å². The molecule has 0 amide bonds. The van der Waals surface area contributed by atoms with Crippen LogP contribution in [0.5, 0.6) is 0 Å². The maximum absolute atomic E-state index is 12.7. The van der Waals surface area contributed by atoms with Gasteiger partial charge in [-0.3, -0.25) is 4.79 Å². The highest BCUT2D eigenvalue weighted by Crippen LogP contribution is 2.31. The van der Waals surface area contributed by atoms with Gasteiger partial charge in [-0.25, -0.2) is 0 Å². The SMILES string of the molecule is Cc1c(C(F)(F)F)[nH]c2c(Cl)cccc2c1=O. The van der Waals surface area contributed by atoms with Crippen LogP contribution in [0, 0.1) is 6.92 Å². The Kier molecular flexibility index (Phi) is 2.66. The van der Waals surface area contributed by atoms with Gasteiger partial charge in [0.15, 0.2) is 5.43 Å². The van der Waals surface area contributed by atoms with E-state index in [-0.39, 0.29) is 21.5 Å². The minimum atomic E-state index is -4.60. The van der Waals surface area contributed by atoms with E-state index in [1.54, 1.807) is 0 Å². The summed E-state index contributed by atoms with van der Waals surface area (Å²) in [5.74, 6) is 0. The van der Waals surface area contributed by atoms with Crippen LogP contribution < -0.4 is 5.43 Å². The van der Waals surface area contributed by atoms with E-state index in [1.165, 1.54) is 18.2 Å². The number of nitrogens with one attached hydrogen (secondary N) is 1. The zero-order valence-electron chi connectivity index (χ0n) is 8.65. The van der Waals surface area contributed by atoms with Crippen molar-refractivity contribution in [2.24, 2.45) is 0 Å². The number of H-pyrrole nitrogens is 1. The number of aromatic amines is 1. The number of halogens is 4. The maximum Gasteiger partial charge on any atom is 0.431 e. The molecule has 0 atom stereocenters. The third-order valence-corrected chi connectivity index (χ3v) is 2.82. The molecule has 6 heteroatoms. The third-order valence-electron chi connectivity index (χ3n) is 2.51. The average molecular weight is 262 g/mol. The highest BCUT2D eigenvalue weighted by atomic mass is 35.5. The Labute approximate surface area is 99.0 Å². The first-order chi connectivity index (χ1) is 7.82. The highest BCUT2D eigenvalue weighted by molar-refractivity contribution is 6.35. The number of aromatic nitrogens is 1. The van der Waals surface area contributed by atoms with Crippen LogP contribution in [0.25, 0.3) is 10.9 Å². The Hall–Kier alpha value is -1.49. The molecule has 0 aliphatic rings. The first-order valence-corrected chi connectivity index (χ1v) is 5.08. The molecule has 2 nitrogen and oxygen atoms in total. The van der Waals surface area contributed by atoms with E-state index in [4.69, 9.17) is 11.6 Å². The summed E-state index contributed by atoms with van der Waals surface area (Å²) >= 11 is 5.77. The molecule has 17 heavy (non-hydrogen) atoms. The second-order valence-corrected chi connectivity index (χ2v) is 4.02. The summed E-state index contributed by atoms with van der Waals surface area (Å²) in [6.07, 6.45) is -4.60. The lowest BCUT2D eigenvalue weighted by atomic mass is 10.1. The first-order valence-electron chi connectivity index (χ1n) is 4.70. The Bertz CT molecular complexity index is 645. The van der Waals surface area contributed by atoms with Gasteiger partial charge < -0.3 is 4.98 Å². The minimum Gasteiger partial charge on any atom is -0.349 e. The summed E-state index contributed by atoms with van der Waals surface area (Å²) in [4.78, 5) is 14.0. The van der Waals surface area contributed by atoms with Gasteiger partial charge in [-0.1, -0.05) is 17.7 Å². The molecule has 0 aliphatic carbocycles. The van der Waals surface area contributed by atoms with Crippen LogP contribution in [0.3, 0.4) is 0 Å². The van der Waals surface area contributed by atoms with Gasteiger partial charge in [-0.05, 0) is 19.1 Å². The summed E-state index contributed by atoms with van der Waals surface area (Å²) in [6.45, 7) is 1.14. The van der Waals surface area contributed by atoms with Crippen molar-refractivity contribution in [3.8, 4) is 0 Å². The van der Waals surface area contributed by atoms with Gasteiger partial charge >= 0.3 is 6.18 Å². The van der Waals surface area contributed by atoms with E-state index in [9.17, 15) is 18.0 Å². The van der Waals surface area contributed by atoms with Gasteiger partial charge in [0.05, 0.1) is 10.5 Å². The van der Waals surface area contributed by atoms with Crippen molar-refractivity contribution in [3.63, 3.8) is 0 Å². The Balaban J connectivity index is 2.96. The van der Waals surface area contributed by atoms with E-state index >= 15 is 0 Å². The first kappa shape index (κ1) is 12.0. The van der Waals surface area contributed by atoms with Crippen LogP contribution in [0.2, 0.25) is 5.02 Å². The van der Waals surface area contributed by atoms with Crippen molar-refractivity contribution in [2.45, 2.75) is 13.1 Å². The van der Waals surface area contributed by atoms with Gasteiger partial charge in [-0.15, -0.1) is 0 Å². The molecule has 1 aromatic carbocycles. The lowest BCUT2D eigenvalue weighted by molar-refractivity contribution is -0.141. The number of hydrogen-bond donors (Lipinski definition) is 1. The molecule has 2 aromatic rings. The summed E-state index contributed by atoms with van der Waals surface area (Å²) in [5.41, 5.74) is -2.05. The van der Waals surface area contributed by atoms with Crippen LogP contribution in [-0.2, 0) is 6.18 Å². The molecule has 0 aliphatic heterocycles. The number of fused-ring (bicyclic) bond motifs is 1. The number of rotatable bonds is 0. The van der Waals surface area contributed by atoms with Gasteiger partial charge in [0.1, 0.15) is 5.69 Å². The predicted molar refractivity (Wildman–Crippen MR) is 59.3 cm³/mol. The minimum absolute atomic E-state index is 0.0112. The maximum atomic E-state index is 12.7. The number of pyridine rings is 1. The molecular weight excluding hydrogens is 255 g/mol. The molecule has 0 unspecified atom stereocenters. The smallest absolute Gasteiger partial charge is 0.349 e. The molecule has 0 radical (unpaired) electrons. The fraction of sp³-hybridized carbons (Fsp3) is 0.182. The van der Waals surface area contributed by atoms with Crippen LogP contribution in [0.15, 0.2) is 23.0 Å². The van der Waals surface area contributed by atoms with E-state index in [0.717, 1.165) is 6.92 Å². The predicted octanol–water partition coefficient (Wildman–Crippen LogP) is 3.51. The van der Waals surface area contributed by atoms with Crippen LogP contribution in [-0.4, -0.2) is 4.98 Å². The molecule has 0 saturated carbocycles. The van der Waals surface area contributed by atoms with Gasteiger partial charge in [0.25, 0.3) is 0 Å². The van der Waals surface area contributed by atoms with Gasteiger partial charge in [0.2, 0.25) is 0 Å².